The predicted octanol–water partition coefficient (Wildman–Crippen LogP) is 4.70. The summed E-state index contributed by atoms with van der Waals surface area (Å²) in [6, 6.07) is 2.02. The second kappa shape index (κ2) is 5.84. The highest BCUT2D eigenvalue weighted by Gasteiger charge is 2.17. The summed E-state index contributed by atoms with van der Waals surface area (Å²) in [5.74, 6) is 0.744. The highest BCUT2D eigenvalue weighted by atomic mass is 32.1. The molecule has 2 aromatic rings. The molecule has 1 N–H and O–H groups in total. The monoisotopic (exact) mass is 294 g/mol. The van der Waals surface area contributed by atoms with Gasteiger partial charge in [-0.2, -0.15) is 0 Å². The minimum Gasteiger partial charge on any atom is -0.297 e. The lowest BCUT2D eigenvalue weighted by Gasteiger charge is -2.06. The van der Waals surface area contributed by atoms with Gasteiger partial charge in [0.05, 0.1) is 4.88 Å². The Morgan fingerprint density at radius 2 is 2.00 bits per heavy atom. The number of nitrogens with one attached hydrogen (secondary N) is 1. The average Bonchev–Trinajstić information content (AvgIpc) is 2.96. The van der Waals surface area contributed by atoms with E-state index >= 15 is 0 Å². The largest absolute Gasteiger partial charge is 0.297 e. The Balaban J connectivity index is 2.14. The van der Waals surface area contributed by atoms with Gasteiger partial charge in [0.25, 0.3) is 5.91 Å². The third-order valence-corrected chi connectivity index (χ3v) is 4.98. The first-order chi connectivity index (χ1) is 8.99. The van der Waals surface area contributed by atoms with E-state index in [-0.39, 0.29) is 5.91 Å². The minimum atomic E-state index is -0.0524. The van der Waals surface area contributed by atoms with Crippen LogP contribution < -0.4 is 5.32 Å². The zero-order chi connectivity index (χ0) is 14.0. The van der Waals surface area contributed by atoms with Crippen LogP contribution in [0.3, 0.4) is 0 Å². The van der Waals surface area contributed by atoms with Crippen molar-refractivity contribution in [2.75, 3.05) is 5.32 Å². The Hall–Kier alpha value is -1.20. The molecule has 102 valence electrons. The Kier molecular flexibility index (Phi) is 4.37. The van der Waals surface area contributed by atoms with Crippen LogP contribution in [0.1, 0.15) is 59.6 Å². The van der Waals surface area contributed by atoms with Crippen molar-refractivity contribution in [1.82, 2.24) is 4.98 Å². The molecule has 0 aliphatic carbocycles. The maximum absolute atomic E-state index is 12.2. The van der Waals surface area contributed by atoms with Gasteiger partial charge in [-0.15, -0.1) is 22.7 Å². The summed E-state index contributed by atoms with van der Waals surface area (Å²) >= 11 is 3.03. The average molecular weight is 294 g/mol. The number of anilines is 1. The summed E-state index contributed by atoms with van der Waals surface area (Å²) in [4.78, 5) is 18.5. The number of hydrogen-bond donors (Lipinski definition) is 1. The molecular formula is C14H18N2OS2. The maximum Gasteiger partial charge on any atom is 0.267 e. The Morgan fingerprint density at radius 3 is 2.58 bits per heavy atom. The SMILES string of the molecule is CC(C)c1cnc(NC(=O)c2sccc2C(C)C)s1. The highest BCUT2D eigenvalue weighted by Crippen LogP contribution is 2.28. The van der Waals surface area contributed by atoms with Crippen LogP contribution >= 0.6 is 22.7 Å². The smallest absolute Gasteiger partial charge is 0.267 e. The second-order valence-corrected chi connectivity index (χ2v) is 7.01. The van der Waals surface area contributed by atoms with Gasteiger partial charge in [-0.05, 0) is 28.8 Å². The summed E-state index contributed by atoms with van der Waals surface area (Å²) < 4.78 is 0. The normalized spacial score (nSPS) is 11.3. The highest BCUT2D eigenvalue weighted by molar-refractivity contribution is 7.16. The van der Waals surface area contributed by atoms with Gasteiger partial charge >= 0.3 is 0 Å². The van der Waals surface area contributed by atoms with Crippen LogP contribution in [0.5, 0.6) is 0 Å². The second-order valence-electron chi connectivity index (χ2n) is 5.04. The van der Waals surface area contributed by atoms with Crippen molar-refractivity contribution in [3.05, 3.63) is 33.0 Å². The Labute approximate surface area is 121 Å². The number of carbonyl (C=O) groups excluding carboxylic acids is 1. The fourth-order valence-corrected chi connectivity index (χ4v) is 3.49. The molecule has 1 amide bonds. The van der Waals surface area contributed by atoms with Gasteiger partial charge in [0.2, 0.25) is 0 Å². The molecule has 2 aromatic heterocycles. The van der Waals surface area contributed by atoms with Crippen LogP contribution in [0.2, 0.25) is 0 Å². The number of thiophene rings is 1. The molecule has 5 heteroatoms. The number of carbonyl (C=O) groups is 1. The first-order valence-electron chi connectivity index (χ1n) is 6.33. The van der Waals surface area contributed by atoms with Gasteiger partial charge in [0.15, 0.2) is 5.13 Å². The number of hydrogen-bond acceptors (Lipinski definition) is 4. The zero-order valence-electron chi connectivity index (χ0n) is 11.6. The summed E-state index contributed by atoms with van der Waals surface area (Å²) in [6.45, 7) is 8.43. The molecule has 2 heterocycles. The van der Waals surface area contributed by atoms with Crippen molar-refractivity contribution in [2.45, 2.75) is 39.5 Å². The number of amides is 1. The molecule has 0 saturated carbocycles. The van der Waals surface area contributed by atoms with Crippen LogP contribution in [0.4, 0.5) is 5.13 Å². The van der Waals surface area contributed by atoms with Crippen molar-refractivity contribution >= 4 is 33.7 Å². The number of aromatic nitrogens is 1. The van der Waals surface area contributed by atoms with Gasteiger partial charge in [-0.1, -0.05) is 27.7 Å². The summed E-state index contributed by atoms with van der Waals surface area (Å²) in [5, 5.41) is 5.54. The van der Waals surface area contributed by atoms with E-state index in [0.717, 1.165) is 10.4 Å². The molecule has 0 radical (unpaired) electrons. The van der Waals surface area contributed by atoms with Gasteiger partial charge in [0, 0.05) is 11.1 Å². The van der Waals surface area contributed by atoms with Gasteiger partial charge < -0.3 is 0 Å². The van der Waals surface area contributed by atoms with Crippen molar-refractivity contribution < 1.29 is 4.79 Å². The number of rotatable bonds is 4. The van der Waals surface area contributed by atoms with E-state index in [0.29, 0.717) is 17.0 Å². The van der Waals surface area contributed by atoms with E-state index in [4.69, 9.17) is 0 Å². The first-order valence-corrected chi connectivity index (χ1v) is 8.03. The molecule has 2 rings (SSSR count). The molecule has 0 unspecified atom stereocenters. The zero-order valence-corrected chi connectivity index (χ0v) is 13.2. The van der Waals surface area contributed by atoms with Crippen LogP contribution in [-0.2, 0) is 0 Å². The standard InChI is InChI=1S/C14H18N2OS2/c1-8(2)10-5-6-18-12(10)13(17)16-14-15-7-11(19-14)9(3)4/h5-9H,1-4H3,(H,15,16,17). The lowest BCUT2D eigenvalue weighted by atomic mass is 10.0. The summed E-state index contributed by atoms with van der Waals surface area (Å²) in [7, 11) is 0. The van der Waals surface area contributed by atoms with Gasteiger partial charge in [0.1, 0.15) is 0 Å². The summed E-state index contributed by atoms with van der Waals surface area (Å²) in [5.41, 5.74) is 1.10. The van der Waals surface area contributed by atoms with Crippen molar-refractivity contribution in [3.63, 3.8) is 0 Å². The molecule has 0 fully saturated rings. The molecule has 3 nitrogen and oxygen atoms in total. The van der Waals surface area contributed by atoms with E-state index < -0.39 is 0 Å². The summed E-state index contributed by atoms with van der Waals surface area (Å²) in [6.07, 6.45) is 1.84. The van der Waals surface area contributed by atoms with Crippen LogP contribution in [0.25, 0.3) is 0 Å². The van der Waals surface area contributed by atoms with E-state index in [1.165, 1.54) is 16.2 Å². The fraction of sp³-hybridized carbons (Fsp3) is 0.429. The quantitative estimate of drug-likeness (QED) is 0.887. The minimum absolute atomic E-state index is 0.0524. The molecule has 0 aliphatic heterocycles. The molecule has 19 heavy (non-hydrogen) atoms. The lowest BCUT2D eigenvalue weighted by Crippen LogP contribution is -2.12. The van der Waals surface area contributed by atoms with E-state index in [1.54, 1.807) is 11.3 Å². The number of thiazole rings is 1. The van der Waals surface area contributed by atoms with Crippen LogP contribution in [0.15, 0.2) is 17.6 Å². The molecular weight excluding hydrogens is 276 g/mol. The number of nitrogens with zero attached hydrogens (tertiary/aromatic N) is 1. The molecule has 0 saturated heterocycles. The van der Waals surface area contributed by atoms with E-state index in [9.17, 15) is 4.79 Å². The molecule has 0 aromatic carbocycles. The molecule has 0 bridgehead atoms. The van der Waals surface area contributed by atoms with E-state index in [1.807, 2.05) is 17.6 Å². The van der Waals surface area contributed by atoms with Crippen molar-refractivity contribution in [1.29, 1.82) is 0 Å². The molecule has 0 atom stereocenters. The topological polar surface area (TPSA) is 42.0 Å². The predicted molar refractivity (Wildman–Crippen MR) is 82.6 cm³/mol. The lowest BCUT2D eigenvalue weighted by molar-refractivity contribution is 0.102. The third kappa shape index (κ3) is 3.22. The van der Waals surface area contributed by atoms with E-state index in [2.05, 4.69) is 38.0 Å². The molecule has 0 aliphatic rings. The van der Waals surface area contributed by atoms with Crippen LogP contribution in [0, 0.1) is 0 Å². The van der Waals surface area contributed by atoms with Crippen molar-refractivity contribution in [3.8, 4) is 0 Å². The fourth-order valence-electron chi connectivity index (χ4n) is 1.72. The van der Waals surface area contributed by atoms with Crippen LogP contribution in [-0.4, -0.2) is 10.9 Å². The maximum atomic E-state index is 12.2. The Bertz CT molecular complexity index is 570. The first kappa shape index (κ1) is 14.2. The third-order valence-electron chi connectivity index (χ3n) is 2.84. The van der Waals surface area contributed by atoms with Crippen molar-refractivity contribution in [2.24, 2.45) is 0 Å². The molecule has 0 spiro atoms. The Morgan fingerprint density at radius 1 is 1.26 bits per heavy atom. The van der Waals surface area contributed by atoms with Gasteiger partial charge in [-0.3, -0.25) is 10.1 Å². The van der Waals surface area contributed by atoms with Gasteiger partial charge in [-0.25, -0.2) is 4.98 Å².